The van der Waals surface area contributed by atoms with E-state index in [2.05, 4.69) is 5.32 Å². The molecule has 1 aromatic rings. The highest BCUT2D eigenvalue weighted by Gasteiger charge is 2.28. The number of primary amides is 1. The average Bonchev–Trinajstić information content (AvgIpc) is 2.36. The van der Waals surface area contributed by atoms with Gasteiger partial charge in [0.25, 0.3) is 0 Å². The number of Topliss-reactive ketones (excluding diaryl/α,β-unsaturated/α-hetero) is 1. The summed E-state index contributed by atoms with van der Waals surface area (Å²) < 4.78 is 13.1. The van der Waals surface area contributed by atoms with Crippen LogP contribution in [0.15, 0.2) is 24.3 Å². The molecule has 1 atom stereocenters. The molecule has 1 aromatic carbocycles. The highest BCUT2D eigenvalue weighted by Crippen LogP contribution is 2.14. The van der Waals surface area contributed by atoms with E-state index in [0.717, 1.165) is 6.07 Å². The summed E-state index contributed by atoms with van der Waals surface area (Å²) in [4.78, 5) is 35.1. The second-order valence-corrected chi connectivity index (χ2v) is 5.52. The minimum absolute atomic E-state index is 0.105. The van der Waals surface area contributed by atoms with E-state index in [-0.39, 0.29) is 17.8 Å². The summed E-state index contributed by atoms with van der Waals surface area (Å²) in [5, 5.41) is 2.46. The number of nitrogens with one attached hydrogen (secondary N) is 1. The number of benzene rings is 1. The number of nitrogens with two attached hydrogens (primary N) is 1. The third-order valence-electron chi connectivity index (χ3n) is 3.12. The lowest BCUT2D eigenvalue weighted by atomic mass is 9.95. The molecule has 5 nitrogen and oxygen atoms in total. The normalized spacial score (nSPS) is 12.6. The van der Waals surface area contributed by atoms with Crippen molar-refractivity contribution < 1.29 is 18.8 Å². The van der Waals surface area contributed by atoms with Crippen LogP contribution in [0.5, 0.6) is 0 Å². The van der Waals surface area contributed by atoms with E-state index in [1.807, 2.05) is 0 Å². The summed E-state index contributed by atoms with van der Waals surface area (Å²) in [6.07, 6.45) is -0.105. The fourth-order valence-corrected chi connectivity index (χ4v) is 1.76. The Balaban J connectivity index is 2.69. The van der Waals surface area contributed by atoms with Crippen LogP contribution < -0.4 is 11.1 Å². The van der Waals surface area contributed by atoms with Crippen molar-refractivity contribution in [1.82, 2.24) is 5.32 Å². The summed E-state index contributed by atoms with van der Waals surface area (Å²) in [7, 11) is 0. The van der Waals surface area contributed by atoms with Crippen LogP contribution in [-0.4, -0.2) is 23.1 Å². The van der Waals surface area contributed by atoms with Gasteiger partial charge in [0.15, 0.2) is 5.78 Å². The van der Waals surface area contributed by atoms with E-state index in [4.69, 9.17) is 5.73 Å². The van der Waals surface area contributed by atoms with Gasteiger partial charge in [-0.2, -0.15) is 0 Å². The first-order chi connectivity index (χ1) is 9.63. The number of hydrogen-bond acceptors (Lipinski definition) is 3. The molecule has 0 fully saturated rings. The van der Waals surface area contributed by atoms with Crippen molar-refractivity contribution in [3.63, 3.8) is 0 Å². The van der Waals surface area contributed by atoms with Gasteiger partial charge in [0.1, 0.15) is 11.4 Å². The summed E-state index contributed by atoms with van der Waals surface area (Å²) >= 11 is 0. The maximum absolute atomic E-state index is 13.1. The molecule has 0 aliphatic heterocycles. The predicted octanol–water partition coefficient (Wildman–Crippen LogP) is 1.41. The molecule has 0 radical (unpaired) electrons. The number of halogens is 1. The fourth-order valence-electron chi connectivity index (χ4n) is 1.76. The quantitative estimate of drug-likeness (QED) is 0.777. The van der Waals surface area contributed by atoms with Crippen LogP contribution in [0, 0.1) is 11.7 Å². The summed E-state index contributed by atoms with van der Waals surface area (Å²) in [5.74, 6) is -2.60. The van der Waals surface area contributed by atoms with Gasteiger partial charge in [-0.15, -0.1) is 0 Å². The lowest BCUT2D eigenvalue weighted by molar-refractivity contribution is -0.130. The zero-order valence-electron chi connectivity index (χ0n) is 12.3. The van der Waals surface area contributed by atoms with Crippen LogP contribution in [-0.2, 0) is 9.59 Å². The Kier molecular flexibility index (Phi) is 5.18. The van der Waals surface area contributed by atoms with E-state index < -0.39 is 29.1 Å². The maximum atomic E-state index is 13.1. The minimum Gasteiger partial charge on any atom is -0.368 e. The van der Waals surface area contributed by atoms with Gasteiger partial charge in [0.2, 0.25) is 11.8 Å². The molecule has 0 saturated carbocycles. The van der Waals surface area contributed by atoms with Gasteiger partial charge < -0.3 is 11.1 Å². The van der Waals surface area contributed by atoms with Crippen molar-refractivity contribution in [3.05, 3.63) is 35.6 Å². The van der Waals surface area contributed by atoms with Crippen molar-refractivity contribution in [1.29, 1.82) is 0 Å². The minimum atomic E-state index is -1.18. The molecule has 2 amide bonds. The van der Waals surface area contributed by atoms with Crippen LogP contribution in [0.2, 0.25) is 0 Å². The topological polar surface area (TPSA) is 89.3 Å². The monoisotopic (exact) mass is 294 g/mol. The molecule has 0 aliphatic carbocycles. The van der Waals surface area contributed by atoms with Crippen molar-refractivity contribution in [2.75, 3.05) is 0 Å². The smallest absolute Gasteiger partial charge is 0.242 e. The molecule has 0 heterocycles. The van der Waals surface area contributed by atoms with E-state index in [1.165, 1.54) is 32.0 Å². The number of carbonyl (C=O) groups is 3. The van der Waals surface area contributed by atoms with Crippen molar-refractivity contribution in [2.24, 2.45) is 11.7 Å². The molecule has 21 heavy (non-hydrogen) atoms. The Morgan fingerprint density at radius 3 is 2.48 bits per heavy atom. The van der Waals surface area contributed by atoms with Gasteiger partial charge in [0.05, 0.1) is 0 Å². The Labute approximate surface area is 122 Å². The van der Waals surface area contributed by atoms with Crippen molar-refractivity contribution in [2.45, 2.75) is 32.7 Å². The Morgan fingerprint density at radius 2 is 1.95 bits per heavy atom. The molecular formula is C15H19FN2O3. The first-order valence-corrected chi connectivity index (χ1v) is 6.54. The SMILES string of the molecule is CC(CC(=O)NC(C)(C)C(N)=O)C(=O)c1cccc(F)c1. The summed E-state index contributed by atoms with van der Waals surface area (Å²) in [6, 6.07) is 5.30. The molecular weight excluding hydrogens is 275 g/mol. The maximum Gasteiger partial charge on any atom is 0.242 e. The third-order valence-corrected chi connectivity index (χ3v) is 3.12. The van der Waals surface area contributed by atoms with Crippen molar-refractivity contribution in [3.8, 4) is 0 Å². The number of ketones is 1. The molecule has 114 valence electrons. The Bertz CT molecular complexity index is 570. The molecule has 0 saturated heterocycles. The Hall–Kier alpha value is -2.24. The van der Waals surface area contributed by atoms with E-state index in [1.54, 1.807) is 6.92 Å². The first kappa shape index (κ1) is 16.8. The van der Waals surface area contributed by atoms with Crippen molar-refractivity contribution >= 4 is 17.6 Å². The van der Waals surface area contributed by atoms with Gasteiger partial charge in [0, 0.05) is 17.9 Å². The second kappa shape index (κ2) is 6.47. The van der Waals surface area contributed by atoms with E-state index in [0.29, 0.717) is 0 Å². The van der Waals surface area contributed by atoms with E-state index in [9.17, 15) is 18.8 Å². The van der Waals surface area contributed by atoms with Gasteiger partial charge in [-0.25, -0.2) is 4.39 Å². The molecule has 1 rings (SSSR count). The number of hydrogen-bond donors (Lipinski definition) is 2. The first-order valence-electron chi connectivity index (χ1n) is 6.54. The summed E-state index contributed by atoms with van der Waals surface area (Å²) in [5.41, 5.74) is 4.19. The fraction of sp³-hybridized carbons (Fsp3) is 0.400. The molecule has 0 spiro atoms. The van der Waals surface area contributed by atoms with Gasteiger partial charge in [-0.1, -0.05) is 19.1 Å². The zero-order valence-corrected chi connectivity index (χ0v) is 12.3. The van der Waals surface area contributed by atoms with Gasteiger partial charge >= 0.3 is 0 Å². The average molecular weight is 294 g/mol. The lowest BCUT2D eigenvalue weighted by Crippen LogP contribution is -2.53. The lowest BCUT2D eigenvalue weighted by Gasteiger charge is -2.23. The van der Waals surface area contributed by atoms with Gasteiger partial charge in [-0.05, 0) is 26.0 Å². The van der Waals surface area contributed by atoms with Crippen LogP contribution >= 0.6 is 0 Å². The van der Waals surface area contributed by atoms with Gasteiger partial charge in [-0.3, -0.25) is 14.4 Å². The van der Waals surface area contributed by atoms with Crippen LogP contribution in [0.4, 0.5) is 4.39 Å². The number of rotatable bonds is 6. The molecule has 0 aromatic heterocycles. The number of amides is 2. The van der Waals surface area contributed by atoms with Crippen LogP contribution in [0.1, 0.15) is 37.6 Å². The van der Waals surface area contributed by atoms with Crippen LogP contribution in [0.25, 0.3) is 0 Å². The Morgan fingerprint density at radius 1 is 1.33 bits per heavy atom. The molecule has 1 unspecified atom stereocenters. The van der Waals surface area contributed by atoms with E-state index >= 15 is 0 Å². The zero-order chi connectivity index (χ0) is 16.2. The molecule has 6 heteroatoms. The highest BCUT2D eigenvalue weighted by atomic mass is 19.1. The highest BCUT2D eigenvalue weighted by molar-refractivity contribution is 6.00. The molecule has 0 bridgehead atoms. The standard InChI is InChI=1S/C15H19FN2O3/c1-9(7-12(19)18-15(2,3)14(17)21)13(20)10-5-4-6-11(16)8-10/h4-6,8-9H,7H2,1-3H3,(H2,17,21)(H,18,19). The number of carbonyl (C=O) groups excluding carboxylic acids is 3. The van der Waals surface area contributed by atoms with Crippen LogP contribution in [0.3, 0.4) is 0 Å². The summed E-state index contributed by atoms with van der Waals surface area (Å²) in [6.45, 7) is 4.53. The largest absolute Gasteiger partial charge is 0.368 e. The second-order valence-electron chi connectivity index (χ2n) is 5.52. The predicted molar refractivity (Wildman–Crippen MR) is 75.9 cm³/mol. The third kappa shape index (κ3) is 4.66. The molecule has 0 aliphatic rings. The molecule has 3 N–H and O–H groups in total.